The van der Waals surface area contributed by atoms with Gasteiger partial charge in [-0.1, -0.05) is 5.11 Å². The van der Waals surface area contributed by atoms with E-state index >= 15 is 0 Å². The first-order valence-corrected chi connectivity index (χ1v) is 4.93. The van der Waals surface area contributed by atoms with Crippen LogP contribution in [0.5, 0.6) is 0 Å². The Hall–Kier alpha value is -2.58. The molecule has 0 atom stereocenters. The summed E-state index contributed by atoms with van der Waals surface area (Å²) in [6.45, 7) is 0.761. The molecule has 1 heterocycles. The Kier molecular flexibility index (Phi) is 5.01. The number of hydrogen-bond acceptors (Lipinski definition) is 4. The third-order valence-corrected chi connectivity index (χ3v) is 1.91. The van der Waals surface area contributed by atoms with Crippen molar-refractivity contribution >= 4 is 5.91 Å². The van der Waals surface area contributed by atoms with Crippen LogP contribution < -0.4 is 5.32 Å². The van der Waals surface area contributed by atoms with E-state index in [0.29, 0.717) is 25.1 Å². The molecule has 1 N–H and O–H groups in total. The van der Waals surface area contributed by atoms with E-state index in [1.807, 2.05) is 6.07 Å². The number of hydrogen-bond donors (Lipinski definition) is 1. The van der Waals surface area contributed by atoms with Crippen LogP contribution in [0.25, 0.3) is 10.4 Å². The Bertz CT molecular complexity index is 469. The molecule has 86 valence electrons. The van der Waals surface area contributed by atoms with E-state index in [1.54, 1.807) is 0 Å². The van der Waals surface area contributed by atoms with Crippen molar-refractivity contribution in [1.82, 2.24) is 10.3 Å². The maximum Gasteiger partial charge on any atom is 0.269 e. The van der Waals surface area contributed by atoms with Crippen LogP contribution in [0.1, 0.15) is 22.5 Å². The van der Waals surface area contributed by atoms with E-state index in [9.17, 15) is 4.79 Å². The minimum absolute atomic E-state index is 0.257. The number of nitrogens with one attached hydrogen (secondary N) is 1. The second-order valence-electron chi connectivity index (χ2n) is 3.11. The molecule has 0 spiro atoms. The van der Waals surface area contributed by atoms with E-state index in [1.165, 1.54) is 18.3 Å². The summed E-state index contributed by atoms with van der Waals surface area (Å²) in [6, 6.07) is 4.94. The van der Waals surface area contributed by atoms with Crippen molar-refractivity contribution in [2.24, 2.45) is 5.11 Å². The molecule has 1 aromatic rings. The van der Waals surface area contributed by atoms with Crippen LogP contribution >= 0.6 is 0 Å². The number of nitrogens with zero attached hydrogens (tertiary/aromatic N) is 5. The summed E-state index contributed by atoms with van der Waals surface area (Å²) in [5.74, 6) is -0.310. The molecule has 1 rings (SSSR count). The molecule has 0 fully saturated rings. The molecule has 0 bridgehead atoms. The topological polar surface area (TPSA) is 115 Å². The molecule has 17 heavy (non-hydrogen) atoms. The normalized spacial score (nSPS) is 8.88. The summed E-state index contributed by atoms with van der Waals surface area (Å²) in [5, 5.41) is 14.5. The summed E-state index contributed by atoms with van der Waals surface area (Å²) in [7, 11) is 0. The Labute approximate surface area is 97.7 Å². The molecule has 0 aliphatic rings. The van der Waals surface area contributed by atoms with Gasteiger partial charge < -0.3 is 5.32 Å². The minimum Gasteiger partial charge on any atom is -0.351 e. The van der Waals surface area contributed by atoms with Crippen molar-refractivity contribution < 1.29 is 4.79 Å². The fourth-order valence-corrected chi connectivity index (χ4v) is 1.08. The third kappa shape index (κ3) is 4.20. The highest BCUT2D eigenvalue weighted by atomic mass is 16.1. The molecule has 0 unspecified atom stereocenters. The van der Waals surface area contributed by atoms with Crippen molar-refractivity contribution in [2.75, 3.05) is 13.1 Å². The molecule has 1 amide bonds. The number of azide groups is 1. The Morgan fingerprint density at radius 1 is 1.65 bits per heavy atom. The smallest absolute Gasteiger partial charge is 0.269 e. The summed E-state index contributed by atoms with van der Waals surface area (Å²) in [6.07, 6.45) is 1.92. The predicted molar refractivity (Wildman–Crippen MR) is 59.9 cm³/mol. The highest BCUT2D eigenvalue weighted by Crippen LogP contribution is 1.98. The lowest BCUT2D eigenvalue weighted by atomic mass is 10.2. The van der Waals surface area contributed by atoms with Gasteiger partial charge in [-0.05, 0) is 24.1 Å². The monoisotopic (exact) mass is 230 g/mol. The van der Waals surface area contributed by atoms with Crippen LogP contribution in [0, 0.1) is 11.3 Å². The average Bonchev–Trinajstić information content (AvgIpc) is 2.38. The van der Waals surface area contributed by atoms with Gasteiger partial charge in [0.25, 0.3) is 5.91 Å². The van der Waals surface area contributed by atoms with Gasteiger partial charge >= 0.3 is 0 Å². The minimum atomic E-state index is -0.310. The number of carbonyl (C=O) groups is 1. The van der Waals surface area contributed by atoms with Gasteiger partial charge in [0.15, 0.2) is 0 Å². The van der Waals surface area contributed by atoms with E-state index in [2.05, 4.69) is 20.3 Å². The molecular formula is C10H10N6O. The van der Waals surface area contributed by atoms with Crippen LogP contribution in [-0.4, -0.2) is 24.0 Å². The Morgan fingerprint density at radius 2 is 2.47 bits per heavy atom. The number of carbonyl (C=O) groups excluding carboxylic acids is 1. The first kappa shape index (κ1) is 12.5. The fraction of sp³-hybridized carbons (Fsp3) is 0.300. The van der Waals surface area contributed by atoms with Gasteiger partial charge in [-0.15, -0.1) is 0 Å². The molecule has 0 aromatic carbocycles. The first-order chi connectivity index (χ1) is 8.27. The van der Waals surface area contributed by atoms with E-state index in [4.69, 9.17) is 10.8 Å². The zero-order valence-corrected chi connectivity index (χ0v) is 9.00. The molecule has 0 saturated carbocycles. The van der Waals surface area contributed by atoms with E-state index in [0.717, 1.165) is 0 Å². The molecule has 0 aliphatic heterocycles. The SMILES string of the molecule is N#Cc1ccc(C(=O)NCCCN=[N+]=[N-])nc1. The lowest BCUT2D eigenvalue weighted by molar-refractivity contribution is 0.0948. The zero-order valence-electron chi connectivity index (χ0n) is 9.00. The second-order valence-corrected chi connectivity index (χ2v) is 3.11. The highest BCUT2D eigenvalue weighted by Gasteiger charge is 2.05. The maximum atomic E-state index is 11.5. The molecule has 0 saturated heterocycles. The lowest BCUT2D eigenvalue weighted by Gasteiger charge is -2.02. The van der Waals surface area contributed by atoms with Crippen LogP contribution in [0.15, 0.2) is 23.4 Å². The van der Waals surface area contributed by atoms with E-state index in [-0.39, 0.29) is 11.6 Å². The highest BCUT2D eigenvalue weighted by molar-refractivity contribution is 5.92. The van der Waals surface area contributed by atoms with Crippen LogP contribution in [0.4, 0.5) is 0 Å². The number of pyridine rings is 1. The average molecular weight is 230 g/mol. The summed E-state index contributed by atoms with van der Waals surface area (Å²) in [4.78, 5) is 18.0. The number of aromatic nitrogens is 1. The molecule has 7 nitrogen and oxygen atoms in total. The summed E-state index contributed by atoms with van der Waals surface area (Å²) < 4.78 is 0. The Balaban J connectivity index is 2.41. The Morgan fingerprint density at radius 3 is 3.06 bits per heavy atom. The zero-order chi connectivity index (χ0) is 12.5. The van der Waals surface area contributed by atoms with Gasteiger partial charge in [0.05, 0.1) is 5.56 Å². The fourth-order valence-electron chi connectivity index (χ4n) is 1.08. The second kappa shape index (κ2) is 6.82. The molecular weight excluding hydrogens is 220 g/mol. The molecule has 7 heteroatoms. The van der Waals surface area contributed by atoms with Crippen molar-refractivity contribution in [2.45, 2.75) is 6.42 Å². The molecule has 0 aliphatic carbocycles. The summed E-state index contributed by atoms with van der Waals surface area (Å²) >= 11 is 0. The standard InChI is InChI=1S/C10H10N6O/c11-6-8-2-3-9(14-7-8)10(17)13-4-1-5-15-16-12/h2-3,7H,1,4-5H2,(H,13,17). The van der Waals surface area contributed by atoms with Crippen molar-refractivity contribution in [3.05, 3.63) is 40.0 Å². The number of amides is 1. The molecule has 0 radical (unpaired) electrons. The van der Waals surface area contributed by atoms with Crippen molar-refractivity contribution in [1.29, 1.82) is 5.26 Å². The predicted octanol–water partition coefficient (Wildman–Crippen LogP) is 1.38. The van der Waals surface area contributed by atoms with Crippen molar-refractivity contribution in [3.63, 3.8) is 0 Å². The number of nitriles is 1. The maximum absolute atomic E-state index is 11.5. The third-order valence-electron chi connectivity index (χ3n) is 1.91. The van der Waals surface area contributed by atoms with Crippen molar-refractivity contribution in [3.8, 4) is 6.07 Å². The number of rotatable bonds is 5. The van der Waals surface area contributed by atoms with Gasteiger partial charge in [0.1, 0.15) is 11.8 Å². The lowest BCUT2D eigenvalue weighted by Crippen LogP contribution is -2.25. The van der Waals surface area contributed by atoms with Gasteiger partial charge in [-0.2, -0.15) is 5.26 Å². The van der Waals surface area contributed by atoms with Crippen LogP contribution in [-0.2, 0) is 0 Å². The van der Waals surface area contributed by atoms with Gasteiger partial charge in [-0.3, -0.25) is 4.79 Å². The quantitative estimate of drug-likeness (QED) is 0.356. The summed E-state index contributed by atoms with van der Waals surface area (Å²) in [5.41, 5.74) is 8.70. The van der Waals surface area contributed by atoms with Gasteiger partial charge in [0, 0.05) is 24.2 Å². The largest absolute Gasteiger partial charge is 0.351 e. The first-order valence-electron chi connectivity index (χ1n) is 4.93. The van der Waals surface area contributed by atoms with Crippen LogP contribution in [0.3, 0.4) is 0 Å². The van der Waals surface area contributed by atoms with E-state index < -0.39 is 0 Å². The van der Waals surface area contributed by atoms with Gasteiger partial charge in [-0.25, -0.2) is 4.98 Å². The van der Waals surface area contributed by atoms with Gasteiger partial charge in [0.2, 0.25) is 0 Å². The van der Waals surface area contributed by atoms with Crippen LogP contribution in [0.2, 0.25) is 0 Å². The molecule has 1 aromatic heterocycles.